The number of benzene rings is 1. The van der Waals surface area contributed by atoms with Gasteiger partial charge in [-0.3, -0.25) is 9.59 Å². The highest BCUT2D eigenvalue weighted by molar-refractivity contribution is 6.31. The number of aromatic amines is 1. The zero-order valence-electron chi connectivity index (χ0n) is 21.7. The number of pyridine rings is 1. The van der Waals surface area contributed by atoms with Crippen LogP contribution in [0.2, 0.25) is 5.02 Å². The van der Waals surface area contributed by atoms with Crippen molar-refractivity contribution in [1.82, 2.24) is 15.2 Å². The number of rotatable bonds is 7. The number of carbonyl (C=O) groups excluding carboxylic acids is 1. The molecule has 0 spiro atoms. The van der Waals surface area contributed by atoms with Crippen molar-refractivity contribution in [2.75, 3.05) is 19.0 Å². The average molecular weight is 499 g/mol. The van der Waals surface area contributed by atoms with Crippen LogP contribution >= 0.6 is 11.6 Å². The Labute approximate surface area is 214 Å². The van der Waals surface area contributed by atoms with Gasteiger partial charge in [-0.25, -0.2) is 0 Å². The molecule has 4 rings (SSSR count). The fraction of sp³-hybridized carbons (Fsp3) is 0.571. The van der Waals surface area contributed by atoms with E-state index in [-0.39, 0.29) is 18.0 Å². The summed E-state index contributed by atoms with van der Waals surface area (Å²) in [6.45, 7) is 5.90. The van der Waals surface area contributed by atoms with Gasteiger partial charge < -0.3 is 20.1 Å². The molecule has 2 N–H and O–H groups in total. The second-order valence-electron chi connectivity index (χ2n) is 10.5. The van der Waals surface area contributed by atoms with Gasteiger partial charge >= 0.3 is 0 Å². The van der Waals surface area contributed by atoms with Crippen molar-refractivity contribution in [2.45, 2.75) is 90.4 Å². The fourth-order valence-corrected chi connectivity index (χ4v) is 5.99. The Morgan fingerprint density at radius 1 is 1.00 bits per heavy atom. The van der Waals surface area contributed by atoms with E-state index in [4.69, 9.17) is 11.6 Å². The average Bonchev–Trinajstić information content (AvgIpc) is 2.78. The first-order chi connectivity index (χ1) is 16.7. The van der Waals surface area contributed by atoms with Crippen LogP contribution in [0.25, 0.3) is 0 Å². The first-order valence-corrected chi connectivity index (χ1v) is 13.3. The number of carbonyl (C=O) groups is 1. The zero-order valence-corrected chi connectivity index (χ0v) is 22.5. The first kappa shape index (κ1) is 25.8. The maximum Gasteiger partial charge on any atom is 0.253 e. The summed E-state index contributed by atoms with van der Waals surface area (Å²) in [4.78, 5) is 33.2. The highest BCUT2D eigenvalue weighted by Crippen LogP contribution is 2.35. The number of H-pyrrole nitrogens is 1. The highest BCUT2D eigenvalue weighted by atomic mass is 35.5. The van der Waals surface area contributed by atoms with E-state index in [9.17, 15) is 9.59 Å². The highest BCUT2D eigenvalue weighted by Gasteiger charge is 2.32. The molecule has 2 fully saturated rings. The molecule has 2 aliphatic carbocycles. The summed E-state index contributed by atoms with van der Waals surface area (Å²) < 4.78 is 0. The summed E-state index contributed by atoms with van der Waals surface area (Å²) in [5, 5.41) is 3.47. The normalized spacial score (nSPS) is 20.5. The Bertz CT molecular complexity index is 1130. The van der Waals surface area contributed by atoms with Crippen molar-refractivity contribution in [3.05, 3.63) is 61.5 Å². The van der Waals surface area contributed by atoms with E-state index in [0.717, 1.165) is 41.4 Å². The van der Waals surface area contributed by atoms with Crippen LogP contribution in [0.1, 0.15) is 77.7 Å². The number of amides is 1. The van der Waals surface area contributed by atoms with Gasteiger partial charge in [0.25, 0.3) is 11.5 Å². The molecule has 0 saturated heterocycles. The van der Waals surface area contributed by atoms with Crippen molar-refractivity contribution in [3.8, 4) is 0 Å². The van der Waals surface area contributed by atoms with Gasteiger partial charge in [-0.2, -0.15) is 0 Å². The molecule has 0 atom stereocenters. The molecule has 2 aliphatic rings. The van der Waals surface area contributed by atoms with E-state index in [1.165, 1.54) is 32.1 Å². The first-order valence-electron chi connectivity index (χ1n) is 12.9. The molecule has 0 aliphatic heterocycles. The number of aryl methyl sites for hydroxylation is 2. The molecule has 6 nitrogen and oxygen atoms in total. The van der Waals surface area contributed by atoms with E-state index in [0.29, 0.717) is 28.2 Å². The molecule has 0 bridgehead atoms. The topological polar surface area (TPSA) is 68.4 Å². The van der Waals surface area contributed by atoms with Crippen LogP contribution in [0, 0.1) is 20.8 Å². The molecule has 35 heavy (non-hydrogen) atoms. The lowest BCUT2D eigenvalue weighted by Crippen LogP contribution is -2.47. The molecular formula is C28H39ClN4O2. The van der Waals surface area contributed by atoms with Crippen molar-refractivity contribution < 1.29 is 4.79 Å². The Balaban J connectivity index is 1.44. The van der Waals surface area contributed by atoms with Gasteiger partial charge in [0.2, 0.25) is 0 Å². The van der Waals surface area contributed by atoms with E-state index in [2.05, 4.69) is 34.2 Å². The minimum absolute atomic E-state index is 0.162. The summed E-state index contributed by atoms with van der Waals surface area (Å²) in [7, 11) is 4.42. The standard InChI is InChI=1S/C28H39ClN4O2/c1-17-13-18(2)31-28(35)25(17)16-30-27(34)24-14-20(29)15-26(19(24)3)33(5)23-11-9-22(10-12-23)32(4)21-7-6-8-21/h13-15,21-23H,6-12,16H2,1-5H3,(H,30,34)(H,31,35). The number of anilines is 1. The minimum atomic E-state index is -0.218. The van der Waals surface area contributed by atoms with E-state index in [1.54, 1.807) is 6.07 Å². The van der Waals surface area contributed by atoms with Gasteiger partial charge in [-0.1, -0.05) is 18.0 Å². The third-order valence-electron chi connectivity index (χ3n) is 8.33. The molecule has 1 heterocycles. The SMILES string of the molecule is Cc1cc(C)c(CNC(=O)c2cc(Cl)cc(N(C)C3CCC(N(C)C4CCC4)CC3)c2C)c(=O)[nH]1. The fourth-order valence-electron chi connectivity index (χ4n) is 5.77. The molecule has 1 aromatic carbocycles. The Morgan fingerprint density at radius 3 is 2.23 bits per heavy atom. The molecule has 1 amide bonds. The number of aromatic nitrogens is 1. The van der Waals surface area contributed by atoms with E-state index in [1.807, 2.05) is 32.9 Å². The lowest BCUT2D eigenvalue weighted by Gasteiger charge is -2.44. The predicted molar refractivity (Wildman–Crippen MR) is 144 cm³/mol. The van der Waals surface area contributed by atoms with Gasteiger partial charge in [-0.15, -0.1) is 0 Å². The van der Waals surface area contributed by atoms with Crippen molar-refractivity contribution in [3.63, 3.8) is 0 Å². The van der Waals surface area contributed by atoms with Crippen LogP contribution in [0.5, 0.6) is 0 Å². The van der Waals surface area contributed by atoms with Crippen molar-refractivity contribution in [1.29, 1.82) is 0 Å². The molecule has 1 aromatic heterocycles. The smallest absolute Gasteiger partial charge is 0.253 e. The maximum absolute atomic E-state index is 13.1. The largest absolute Gasteiger partial charge is 0.371 e. The Kier molecular flexibility index (Phi) is 7.92. The number of hydrogen-bond donors (Lipinski definition) is 2. The molecule has 7 heteroatoms. The summed E-state index contributed by atoms with van der Waals surface area (Å²) in [5.74, 6) is -0.218. The molecule has 190 valence electrons. The minimum Gasteiger partial charge on any atom is -0.371 e. The Hall–Kier alpha value is -2.31. The third kappa shape index (κ3) is 5.59. The van der Waals surface area contributed by atoms with Gasteiger partial charge in [0.1, 0.15) is 0 Å². The number of nitrogens with one attached hydrogen (secondary N) is 2. The van der Waals surface area contributed by atoms with Gasteiger partial charge in [0.15, 0.2) is 0 Å². The van der Waals surface area contributed by atoms with Gasteiger partial charge in [0, 0.05) is 59.2 Å². The molecular weight excluding hydrogens is 460 g/mol. The molecule has 2 saturated carbocycles. The summed E-state index contributed by atoms with van der Waals surface area (Å²) in [5.41, 5.74) is 4.56. The lowest BCUT2D eigenvalue weighted by molar-refractivity contribution is 0.0842. The predicted octanol–water partition coefficient (Wildman–Crippen LogP) is 5.12. The van der Waals surface area contributed by atoms with Crippen LogP contribution in [-0.4, -0.2) is 48.0 Å². The van der Waals surface area contributed by atoms with Crippen LogP contribution in [-0.2, 0) is 6.54 Å². The Morgan fingerprint density at radius 2 is 1.63 bits per heavy atom. The second-order valence-corrected chi connectivity index (χ2v) is 11.0. The zero-order chi connectivity index (χ0) is 25.3. The second kappa shape index (κ2) is 10.8. The summed E-state index contributed by atoms with van der Waals surface area (Å²) in [6.07, 6.45) is 8.76. The van der Waals surface area contributed by atoms with Gasteiger partial charge in [-0.05, 0) is 95.7 Å². The number of hydrogen-bond acceptors (Lipinski definition) is 4. The van der Waals surface area contributed by atoms with Crippen molar-refractivity contribution in [2.24, 2.45) is 0 Å². The lowest BCUT2D eigenvalue weighted by atomic mass is 9.85. The number of nitrogens with zero attached hydrogens (tertiary/aromatic N) is 2. The number of halogens is 1. The van der Waals surface area contributed by atoms with E-state index < -0.39 is 0 Å². The molecule has 2 aromatic rings. The van der Waals surface area contributed by atoms with Crippen LogP contribution in [0.4, 0.5) is 5.69 Å². The molecule has 0 unspecified atom stereocenters. The van der Waals surface area contributed by atoms with Crippen molar-refractivity contribution >= 4 is 23.2 Å². The monoisotopic (exact) mass is 498 g/mol. The van der Waals surface area contributed by atoms with Gasteiger partial charge in [0.05, 0.1) is 0 Å². The maximum atomic E-state index is 13.1. The summed E-state index contributed by atoms with van der Waals surface area (Å²) in [6, 6.07) is 7.50. The van der Waals surface area contributed by atoms with Crippen LogP contribution in [0.15, 0.2) is 23.0 Å². The molecule has 0 radical (unpaired) electrons. The third-order valence-corrected chi connectivity index (χ3v) is 8.55. The summed E-state index contributed by atoms with van der Waals surface area (Å²) >= 11 is 6.49. The quantitative estimate of drug-likeness (QED) is 0.556. The van der Waals surface area contributed by atoms with E-state index >= 15 is 0 Å². The van der Waals surface area contributed by atoms with Crippen LogP contribution in [0.3, 0.4) is 0 Å². The van der Waals surface area contributed by atoms with Crippen LogP contribution < -0.4 is 15.8 Å².